The van der Waals surface area contributed by atoms with Gasteiger partial charge < -0.3 is 18.9 Å². The molecule has 1 fully saturated rings. The molecule has 4 aromatic rings. The van der Waals surface area contributed by atoms with Crippen molar-refractivity contribution in [3.05, 3.63) is 72.3 Å². The zero-order valence-electron chi connectivity index (χ0n) is 19.6. The van der Waals surface area contributed by atoms with E-state index in [1.165, 1.54) is 11.3 Å². The van der Waals surface area contributed by atoms with E-state index in [1.807, 2.05) is 42.5 Å². The van der Waals surface area contributed by atoms with E-state index in [9.17, 15) is 4.79 Å². The van der Waals surface area contributed by atoms with E-state index in [4.69, 9.17) is 23.9 Å². The minimum atomic E-state index is -0.149. The molecule has 3 aromatic carbocycles. The highest BCUT2D eigenvalue weighted by Gasteiger charge is 2.28. The molecule has 0 bridgehead atoms. The van der Waals surface area contributed by atoms with Crippen LogP contribution in [0.25, 0.3) is 10.2 Å². The molecule has 1 atom stereocenters. The molecule has 1 aromatic heterocycles. The van der Waals surface area contributed by atoms with Crippen molar-refractivity contribution in [1.82, 2.24) is 4.98 Å². The van der Waals surface area contributed by atoms with Crippen molar-refractivity contribution in [1.29, 1.82) is 0 Å². The Bertz CT molecular complexity index is 1260. The number of hydrogen-bond donors (Lipinski definition) is 0. The molecule has 7 nitrogen and oxygen atoms in total. The molecule has 0 radical (unpaired) electrons. The molecule has 0 spiro atoms. The molecule has 180 valence electrons. The molecule has 1 amide bonds. The molecule has 5 rings (SSSR count). The Hall–Kier alpha value is -3.62. The van der Waals surface area contributed by atoms with Crippen LogP contribution in [0.4, 0.5) is 5.13 Å². The number of ether oxygens (including phenoxy) is 4. The van der Waals surface area contributed by atoms with Gasteiger partial charge in [-0.3, -0.25) is 9.69 Å². The molecule has 8 heteroatoms. The summed E-state index contributed by atoms with van der Waals surface area (Å²) in [5, 5.41) is 0.577. The smallest absolute Gasteiger partial charge is 0.260 e. The summed E-state index contributed by atoms with van der Waals surface area (Å²) in [6, 6.07) is 20.4. The fourth-order valence-corrected chi connectivity index (χ4v) is 5.16. The molecule has 1 unspecified atom stereocenters. The molecule has 0 saturated carbocycles. The van der Waals surface area contributed by atoms with Gasteiger partial charge in [0, 0.05) is 12.2 Å². The van der Waals surface area contributed by atoms with Crippen molar-refractivity contribution in [3.63, 3.8) is 0 Å². The number of benzene rings is 3. The number of carbonyl (C=O) groups excluding carboxylic acids is 1. The summed E-state index contributed by atoms with van der Waals surface area (Å²) in [5.41, 5.74) is 1.21. The standard InChI is InChI=1S/C27H26N2O5S/c1-31-22-14-15-23(32-2)25-24(22)28-27(35-25)29(17-21-9-6-16-33-21)26(30)18-10-12-20(13-11-18)34-19-7-4-3-5-8-19/h3-5,7-8,10-15,21H,6,9,16-17H2,1-2H3. The molecule has 0 N–H and O–H groups in total. The molecule has 0 aliphatic carbocycles. The number of nitrogens with zero attached hydrogens (tertiary/aromatic N) is 2. The largest absolute Gasteiger partial charge is 0.495 e. The Labute approximate surface area is 207 Å². The van der Waals surface area contributed by atoms with Crippen LogP contribution in [0.2, 0.25) is 0 Å². The normalized spacial score (nSPS) is 15.2. The Morgan fingerprint density at radius 3 is 2.40 bits per heavy atom. The van der Waals surface area contributed by atoms with Crippen molar-refractivity contribution >= 4 is 32.6 Å². The first kappa shape index (κ1) is 23.1. The van der Waals surface area contributed by atoms with Gasteiger partial charge in [-0.15, -0.1) is 0 Å². The molecular weight excluding hydrogens is 464 g/mol. The lowest BCUT2D eigenvalue weighted by atomic mass is 10.1. The molecule has 1 aliphatic rings. The third-order valence-corrected chi connectivity index (χ3v) is 6.96. The van der Waals surface area contributed by atoms with E-state index >= 15 is 0 Å². The third kappa shape index (κ3) is 4.94. The van der Waals surface area contributed by atoms with Gasteiger partial charge in [0.15, 0.2) is 5.13 Å². The number of thiazole rings is 1. The van der Waals surface area contributed by atoms with E-state index < -0.39 is 0 Å². The number of anilines is 1. The van der Waals surface area contributed by atoms with E-state index in [1.54, 1.807) is 43.4 Å². The number of carbonyl (C=O) groups is 1. The highest BCUT2D eigenvalue weighted by molar-refractivity contribution is 7.22. The summed E-state index contributed by atoms with van der Waals surface area (Å²) in [6.07, 6.45) is 1.86. The van der Waals surface area contributed by atoms with Gasteiger partial charge in [0.25, 0.3) is 5.91 Å². The van der Waals surface area contributed by atoms with Crippen LogP contribution < -0.4 is 19.1 Å². The topological polar surface area (TPSA) is 70.1 Å². The zero-order chi connectivity index (χ0) is 24.2. The van der Waals surface area contributed by atoms with Gasteiger partial charge in [-0.25, -0.2) is 4.98 Å². The van der Waals surface area contributed by atoms with Crippen LogP contribution in [0.15, 0.2) is 66.7 Å². The second-order valence-corrected chi connectivity index (χ2v) is 9.11. The van der Waals surface area contributed by atoms with Crippen LogP contribution in [-0.2, 0) is 4.74 Å². The van der Waals surface area contributed by atoms with Crippen LogP contribution in [0.3, 0.4) is 0 Å². The van der Waals surface area contributed by atoms with E-state index in [0.717, 1.165) is 23.3 Å². The average Bonchev–Trinajstić information content (AvgIpc) is 3.57. The minimum absolute atomic E-state index is 0.0320. The maximum Gasteiger partial charge on any atom is 0.260 e. The summed E-state index contributed by atoms with van der Waals surface area (Å²) in [7, 11) is 3.23. The van der Waals surface area contributed by atoms with Crippen LogP contribution in [0.1, 0.15) is 23.2 Å². The summed E-state index contributed by atoms with van der Waals surface area (Å²) < 4.78 is 23.6. The van der Waals surface area contributed by atoms with Gasteiger partial charge >= 0.3 is 0 Å². The monoisotopic (exact) mass is 490 g/mol. The predicted molar refractivity (Wildman–Crippen MR) is 136 cm³/mol. The lowest BCUT2D eigenvalue weighted by Crippen LogP contribution is -2.37. The van der Waals surface area contributed by atoms with Gasteiger partial charge in [-0.05, 0) is 61.4 Å². The van der Waals surface area contributed by atoms with Crippen molar-refractivity contribution in [2.45, 2.75) is 18.9 Å². The van der Waals surface area contributed by atoms with Crippen molar-refractivity contribution < 1.29 is 23.7 Å². The van der Waals surface area contributed by atoms with E-state index in [2.05, 4.69) is 0 Å². The number of rotatable bonds is 8. The lowest BCUT2D eigenvalue weighted by molar-refractivity contribution is 0.0917. The van der Waals surface area contributed by atoms with Gasteiger partial charge in [0.1, 0.15) is 33.2 Å². The number of fused-ring (bicyclic) bond motifs is 1. The zero-order valence-corrected chi connectivity index (χ0v) is 20.4. The van der Waals surface area contributed by atoms with E-state index in [0.29, 0.717) is 46.6 Å². The van der Waals surface area contributed by atoms with Crippen molar-refractivity contribution in [2.75, 3.05) is 32.3 Å². The first-order chi connectivity index (χ1) is 17.2. The number of amides is 1. The first-order valence-corrected chi connectivity index (χ1v) is 12.3. The quantitative estimate of drug-likeness (QED) is 0.305. The second-order valence-electron chi connectivity index (χ2n) is 8.13. The average molecular weight is 491 g/mol. The number of hydrogen-bond acceptors (Lipinski definition) is 7. The Morgan fingerprint density at radius 1 is 1.00 bits per heavy atom. The summed E-state index contributed by atoms with van der Waals surface area (Å²) in [5.74, 6) is 2.58. The van der Waals surface area contributed by atoms with E-state index in [-0.39, 0.29) is 12.0 Å². The highest BCUT2D eigenvalue weighted by atomic mass is 32.1. The summed E-state index contributed by atoms with van der Waals surface area (Å²) >= 11 is 1.41. The molecule has 35 heavy (non-hydrogen) atoms. The Morgan fingerprint density at radius 2 is 1.71 bits per heavy atom. The van der Waals surface area contributed by atoms with Crippen molar-refractivity contribution in [2.24, 2.45) is 0 Å². The van der Waals surface area contributed by atoms with Crippen LogP contribution in [-0.4, -0.2) is 44.4 Å². The van der Waals surface area contributed by atoms with Crippen LogP contribution >= 0.6 is 11.3 Å². The predicted octanol–water partition coefficient (Wildman–Crippen LogP) is 5.93. The van der Waals surface area contributed by atoms with Gasteiger partial charge in [0.05, 0.1) is 26.9 Å². The fraction of sp³-hybridized carbons (Fsp3) is 0.259. The molecule has 1 saturated heterocycles. The number of methoxy groups -OCH3 is 2. The van der Waals surface area contributed by atoms with Gasteiger partial charge in [0.2, 0.25) is 0 Å². The van der Waals surface area contributed by atoms with Gasteiger partial charge in [-0.2, -0.15) is 0 Å². The molecular formula is C27H26N2O5S. The maximum absolute atomic E-state index is 13.7. The molecule has 1 aliphatic heterocycles. The van der Waals surface area contributed by atoms with Crippen LogP contribution in [0.5, 0.6) is 23.0 Å². The van der Waals surface area contributed by atoms with Gasteiger partial charge in [-0.1, -0.05) is 29.5 Å². The second kappa shape index (κ2) is 10.3. The lowest BCUT2D eigenvalue weighted by Gasteiger charge is -2.23. The Kier molecular flexibility index (Phi) is 6.83. The Balaban J connectivity index is 1.46. The minimum Gasteiger partial charge on any atom is -0.495 e. The third-order valence-electron chi connectivity index (χ3n) is 5.87. The number of para-hydroxylation sites is 1. The van der Waals surface area contributed by atoms with Crippen molar-refractivity contribution in [3.8, 4) is 23.0 Å². The first-order valence-electron chi connectivity index (χ1n) is 11.4. The summed E-state index contributed by atoms with van der Waals surface area (Å²) in [6.45, 7) is 1.13. The molecule has 2 heterocycles. The fourth-order valence-electron chi connectivity index (χ4n) is 4.08. The highest BCUT2D eigenvalue weighted by Crippen LogP contribution is 2.40. The SMILES string of the molecule is COc1ccc(OC)c2sc(N(CC3CCCO3)C(=O)c3ccc(Oc4ccccc4)cc3)nc12. The maximum atomic E-state index is 13.7. The van der Waals surface area contributed by atoms with Crippen LogP contribution in [0, 0.1) is 0 Å². The summed E-state index contributed by atoms with van der Waals surface area (Å²) in [4.78, 5) is 20.2. The number of aromatic nitrogens is 1.